The maximum absolute atomic E-state index is 10.4. The quantitative estimate of drug-likeness (QED) is 0.635. The largest absolute Gasteiger partial charge is 0.506 e. The van der Waals surface area contributed by atoms with Crippen molar-refractivity contribution >= 4 is 17.7 Å². The van der Waals surface area contributed by atoms with Gasteiger partial charge in [0.2, 0.25) is 6.08 Å². The Bertz CT molecular complexity index is 500. The van der Waals surface area contributed by atoms with E-state index in [9.17, 15) is 9.90 Å². The monoisotopic (exact) mass is 237 g/mol. The van der Waals surface area contributed by atoms with Crippen LogP contribution in [0.1, 0.15) is 29.5 Å². The number of aryl methyl sites for hydroxylation is 2. The summed E-state index contributed by atoms with van der Waals surface area (Å²) in [5, 5.41) is 10.4. The summed E-state index contributed by atoms with van der Waals surface area (Å²) in [4.78, 5) is 14.2. The van der Waals surface area contributed by atoms with Crippen LogP contribution in [0.3, 0.4) is 0 Å². The molecule has 0 aromatic heterocycles. The molecule has 3 nitrogen and oxygen atoms in total. The molecule has 0 amide bonds. The molecular weight excluding hydrogens is 226 g/mol. The number of halogens is 1. The predicted molar refractivity (Wildman–Crippen MR) is 61.6 cm³/mol. The van der Waals surface area contributed by atoms with Gasteiger partial charge in [-0.1, -0.05) is 17.7 Å². The number of rotatable bonds is 2. The minimum Gasteiger partial charge on any atom is -0.506 e. The molecule has 0 bridgehead atoms. The van der Waals surface area contributed by atoms with Crippen LogP contribution in [0.4, 0.5) is 0 Å². The molecule has 1 N–H and O–H groups in total. The molecule has 1 aliphatic carbocycles. The Kier molecular flexibility index (Phi) is 2.53. The summed E-state index contributed by atoms with van der Waals surface area (Å²) in [6.45, 7) is 3.72. The molecule has 0 heterocycles. The highest BCUT2D eigenvalue weighted by Crippen LogP contribution is 2.54. The van der Waals surface area contributed by atoms with Crippen LogP contribution in [0.25, 0.3) is 0 Å². The smallest absolute Gasteiger partial charge is 0.235 e. The lowest BCUT2D eigenvalue weighted by Crippen LogP contribution is -2.06. The van der Waals surface area contributed by atoms with E-state index in [0.29, 0.717) is 10.6 Å². The van der Waals surface area contributed by atoms with E-state index in [1.165, 1.54) is 0 Å². The van der Waals surface area contributed by atoms with Crippen molar-refractivity contribution < 1.29 is 9.90 Å². The lowest BCUT2D eigenvalue weighted by molar-refractivity contribution is 0.458. The van der Waals surface area contributed by atoms with Crippen LogP contribution >= 0.6 is 11.6 Å². The fourth-order valence-corrected chi connectivity index (χ4v) is 2.30. The zero-order valence-electron chi connectivity index (χ0n) is 9.17. The van der Waals surface area contributed by atoms with Gasteiger partial charge in [-0.05, 0) is 37.8 Å². The Morgan fingerprint density at radius 1 is 1.44 bits per heavy atom. The Morgan fingerprint density at radius 2 is 2.06 bits per heavy atom. The minimum absolute atomic E-state index is 0.0515. The second kappa shape index (κ2) is 3.62. The molecule has 4 heteroatoms. The van der Waals surface area contributed by atoms with Crippen molar-refractivity contribution in [1.82, 2.24) is 0 Å². The standard InChI is InChI=1S/C12H12ClNO2/c1-7-5-8(2)10(13)11(16)9(7)12(3-4-12)14-6-15/h5,16H,3-4H2,1-2H3. The molecule has 0 radical (unpaired) electrons. The van der Waals surface area contributed by atoms with E-state index in [1.807, 2.05) is 19.9 Å². The summed E-state index contributed by atoms with van der Waals surface area (Å²) in [5.74, 6) is 0.0515. The number of aromatic hydroxyl groups is 1. The number of aliphatic imine (C=N–C) groups is 1. The minimum atomic E-state index is -0.576. The highest BCUT2D eigenvalue weighted by molar-refractivity contribution is 6.33. The number of hydrogen-bond donors (Lipinski definition) is 1. The van der Waals surface area contributed by atoms with Crippen molar-refractivity contribution in [3.8, 4) is 5.75 Å². The molecule has 0 saturated heterocycles. The molecule has 1 aromatic carbocycles. The molecule has 0 aliphatic heterocycles. The van der Waals surface area contributed by atoms with Gasteiger partial charge in [-0.3, -0.25) is 0 Å². The SMILES string of the molecule is Cc1cc(C)c(C2(N=C=O)CC2)c(O)c1Cl. The van der Waals surface area contributed by atoms with E-state index in [1.54, 1.807) is 6.08 Å². The number of carbonyl (C=O) groups excluding carboxylic acids is 1. The van der Waals surface area contributed by atoms with Gasteiger partial charge in [-0.2, -0.15) is 4.99 Å². The summed E-state index contributed by atoms with van der Waals surface area (Å²) in [5.41, 5.74) is 1.83. The van der Waals surface area contributed by atoms with Crippen molar-refractivity contribution in [3.63, 3.8) is 0 Å². The van der Waals surface area contributed by atoms with Crippen molar-refractivity contribution in [3.05, 3.63) is 27.8 Å². The van der Waals surface area contributed by atoms with Gasteiger partial charge in [0.25, 0.3) is 0 Å². The first-order chi connectivity index (χ1) is 7.52. The van der Waals surface area contributed by atoms with Gasteiger partial charge in [0, 0.05) is 5.56 Å². The number of nitrogens with zero attached hydrogens (tertiary/aromatic N) is 1. The Balaban J connectivity index is 2.66. The van der Waals surface area contributed by atoms with Gasteiger partial charge in [0.05, 0.1) is 5.02 Å². The number of hydrogen-bond acceptors (Lipinski definition) is 3. The first-order valence-corrected chi connectivity index (χ1v) is 5.48. The fraction of sp³-hybridized carbons (Fsp3) is 0.417. The van der Waals surface area contributed by atoms with E-state index < -0.39 is 5.54 Å². The summed E-state index contributed by atoms with van der Waals surface area (Å²) < 4.78 is 0. The molecule has 1 saturated carbocycles. The maximum atomic E-state index is 10.4. The van der Waals surface area contributed by atoms with Crippen molar-refractivity contribution in [1.29, 1.82) is 0 Å². The zero-order chi connectivity index (χ0) is 11.9. The van der Waals surface area contributed by atoms with Gasteiger partial charge < -0.3 is 5.11 Å². The molecule has 1 aliphatic rings. The lowest BCUT2D eigenvalue weighted by atomic mass is 9.96. The Labute approximate surface area is 98.8 Å². The van der Waals surface area contributed by atoms with Crippen LogP contribution in [-0.4, -0.2) is 11.2 Å². The molecular formula is C12H12ClNO2. The maximum Gasteiger partial charge on any atom is 0.235 e. The summed E-state index contributed by atoms with van der Waals surface area (Å²) in [7, 11) is 0. The predicted octanol–water partition coefficient (Wildman–Crippen LogP) is 2.99. The third-order valence-corrected chi connectivity index (χ3v) is 3.54. The van der Waals surface area contributed by atoms with Crippen molar-refractivity contribution in [2.45, 2.75) is 32.2 Å². The summed E-state index contributed by atoms with van der Waals surface area (Å²) in [6, 6.07) is 1.90. The fourth-order valence-electron chi connectivity index (χ4n) is 2.15. The molecule has 1 fully saturated rings. The molecule has 0 unspecified atom stereocenters. The normalized spacial score (nSPS) is 16.7. The highest BCUT2D eigenvalue weighted by atomic mass is 35.5. The third kappa shape index (κ3) is 1.53. The van der Waals surface area contributed by atoms with Gasteiger partial charge in [0.1, 0.15) is 11.3 Å². The lowest BCUT2D eigenvalue weighted by Gasteiger charge is -2.16. The number of isocyanates is 1. The highest BCUT2D eigenvalue weighted by Gasteiger charge is 2.48. The van der Waals surface area contributed by atoms with Gasteiger partial charge in [0.15, 0.2) is 0 Å². The van der Waals surface area contributed by atoms with Gasteiger partial charge >= 0.3 is 0 Å². The number of benzene rings is 1. The van der Waals surface area contributed by atoms with Crippen LogP contribution in [0.15, 0.2) is 11.1 Å². The molecule has 2 rings (SSSR count). The van der Waals surface area contributed by atoms with Crippen molar-refractivity contribution in [2.75, 3.05) is 0 Å². The number of phenols is 1. The molecule has 84 valence electrons. The summed E-state index contributed by atoms with van der Waals surface area (Å²) in [6.07, 6.45) is 3.10. The summed E-state index contributed by atoms with van der Waals surface area (Å²) >= 11 is 6.00. The molecule has 0 atom stereocenters. The van der Waals surface area contributed by atoms with Gasteiger partial charge in [-0.15, -0.1) is 0 Å². The van der Waals surface area contributed by atoms with Crippen LogP contribution in [-0.2, 0) is 10.3 Å². The van der Waals surface area contributed by atoms with E-state index >= 15 is 0 Å². The second-order valence-electron chi connectivity index (χ2n) is 4.28. The number of phenolic OH excluding ortho intramolecular Hbond substituents is 1. The van der Waals surface area contributed by atoms with Crippen molar-refractivity contribution in [2.24, 2.45) is 4.99 Å². The molecule has 1 aromatic rings. The Hall–Kier alpha value is -1.31. The third-order valence-electron chi connectivity index (χ3n) is 3.07. The van der Waals surface area contributed by atoms with E-state index in [2.05, 4.69) is 4.99 Å². The second-order valence-corrected chi connectivity index (χ2v) is 4.66. The van der Waals surface area contributed by atoms with E-state index in [-0.39, 0.29) is 5.75 Å². The van der Waals surface area contributed by atoms with Crippen LogP contribution in [0.5, 0.6) is 5.75 Å². The first kappa shape index (κ1) is 11.2. The molecule has 0 spiro atoms. The Morgan fingerprint density at radius 3 is 2.56 bits per heavy atom. The topological polar surface area (TPSA) is 49.7 Å². The first-order valence-electron chi connectivity index (χ1n) is 5.10. The van der Waals surface area contributed by atoms with Crippen LogP contribution < -0.4 is 0 Å². The average molecular weight is 238 g/mol. The van der Waals surface area contributed by atoms with E-state index in [0.717, 1.165) is 24.0 Å². The van der Waals surface area contributed by atoms with E-state index in [4.69, 9.17) is 11.6 Å². The molecule has 16 heavy (non-hydrogen) atoms. The van der Waals surface area contributed by atoms with Gasteiger partial charge in [-0.25, -0.2) is 4.79 Å². The van der Waals surface area contributed by atoms with Crippen LogP contribution in [0.2, 0.25) is 5.02 Å². The van der Waals surface area contributed by atoms with Crippen LogP contribution in [0, 0.1) is 13.8 Å². The zero-order valence-corrected chi connectivity index (χ0v) is 9.93. The average Bonchev–Trinajstić information content (AvgIpc) is 2.96.